The van der Waals surface area contributed by atoms with Crippen molar-refractivity contribution in [1.82, 2.24) is 0 Å². The number of ether oxygens (including phenoxy) is 1. The van der Waals surface area contributed by atoms with Gasteiger partial charge in [0.1, 0.15) is 18.3 Å². The Kier molecular flexibility index (Phi) is 7.90. The van der Waals surface area contributed by atoms with Gasteiger partial charge >= 0.3 is 5.97 Å². The Hall–Kier alpha value is -0.860. The van der Waals surface area contributed by atoms with E-state index in [1.807, 2.05) is 0 Å². The molecule has 9 atom stereocenters. The molecule has 0 heterocycles. The molecule has 0 aliphatic heterocycles. The Morgan fingerprint density at radius 1 is 0.882 bits per heavy atom. The maximum atomic E-state index is 12.1. The number of carbonyl (C=O) groups is 2. The smallest absolute Gasteiger partial charge is 0.313 e. The van der Waals surface area contributed by atoms with Crippen molar-refractivity contribution in [1.29, 1.82) is 0 Å². The van der Waals surface area contributed by atoms with Crippen molar-refractivity contribution in [3.63, 3.8) is 0 Å². The number of esters is 1. The summed E-state index contributed by atoms with van der Waals surface area (Å²) in [6.45, 7) is 14.0. The van der Waals surface area contributed by atoms with E-state index in [1.165, 1.54) is 71.1 Å². The molecular weight excluding hydrogens is 420 g/mol. The van der Waals surface area contributed by atoms with Crippen LogP contribution in [-0.4, -0.2) is 17.9 Å². The molecule has 0 spiro atoms. The fourth-order valence-corrected chi connectivity index (χ4v) is 9.78. The lowest BCUT2D eigenvalue weighted by atomic mass is 9.44. The standard InChI is InChI=1S/C31H52O3/c1-20(2)8-7-9-21(3)26-12-13-27-25-11-10-23-19-24(34-29(33)18-22(4)32)14-16-30(23,5)28(25)15-17-31(26,27)6/h20-21,23-28H,7-19H2,1-6H3/t21-,23+,24+,25-,26-,27-,28-,30-,31+/m0/s1. The Morgan fingerprint density at radius 3 is 2.29 bits per heavy atom. The first-order valence-corrected chi connectivity index (χ1v) is 14.7. The van der Waals surface area contributed by atoms with Crippen LogP contribution in [0.2, 0.25) is 0 Å². The van der Waals surface area contributed by atoms with E-state index in [1.54, 1.807) is 0 Å². The van der Waals surface area contributed by atoms with Crippen LogP contribution in [0.4, 0.5) is 0 Å². The highest BCUT2D eigenvalue weighted by Gasteiger charge is 2.60. The highest BCUT2D eigenvalue weighted by molar-refractivity contribution is 5.94. The van der Waals surface area contributed by atoms with Crippen LogP contribution in [0.25, 0.3) is 0 Å². The summed E-state index contributed by atoms with van der Waals surface area (Å²) < 4.78 is 5.75. The summed E-state index contributed by atoms with van der Waals surface area (Å²) in [5, 5.41) is 0. The largest absolute Gasteiger partial charge is 0.462 e. The molecule has 3 heteroatoms. The van der Waals surface area contributed by atoms with Gasteiger partial charge in [0.2, 0.25) is 0 Å². The van der Waals surface area contributed by atoms with Gasteiger partial charge < -0.3 is 4.74 Å². The summed E-state index contributed by atoms with van der Waals surface area (Å²) in [6.07, 6.45) is 15.8. The molecule has 0 saturated heterocycles. The van der Waals surface area contributed by atoms with E-state index in [2.05, 4.69) is 34.6 Å². The van der Waals surface area contributed by atoms with Gasteiger partial charge in [-0.3, -0.25) is 9.59 Å². The molecule has 0 aromatic rings. The maximum absolute atomic E-state index is 12.1. The number of hydrogen-bond donors (Lipinski definition) is 0. The predicted molar refractivity (Wildman–Crippen MR) is 138 cm³/mol. The van der Waals surface area contributed by atoms with E-state index >= 15 is 0 Å². The van der Waals surface area contributed by atoms with E-state index in [9.17, 15) is 9.59 Å². The Bertz CT molecular complexity index is 743. The lowest BCUT2D eigenvalue weighted by Crippen LogP contribution is -2.54. The van der Waals surface area contributed by atoms with Gasteiger partial charge in [0.05, 0.1) is 0 Å². The van der Waals surface area contributed by atoms with Crippen LogP contribution in [0.5, 0.6) is 0 Å². The molecule has 4 fully saturated rings. The van der Waals surface area contributed by atoms with Crippen molar-refractivity contribution < 1.29 is 14.3 Å². The highest BCUT2D eigenvalue weighted by Crippen LogP contribution is 2.68. The molecule has 4 aliphatic rings. The van der Waals surface area contributed by atoms with Crippen LogP contribution in [0.1, 0.15) is 125 Å². The van der Waals surface area contributed by atoms with Crippen molar-refractivity contribution in [2.45, 2.75) is 131 Å². The van der Waals surface area contributed by atoms with Gasteiger partial charge in [0.25, 0.3) is 0 Å². The van der Waals surface area contributed by atoms with Crippen molar-refractivity contribution >= 4 is 11.8 Å². The van der Waals surface area contributed by atoms with Crippen LogP contribution in [0.15, 0.2) is 0 Å². The molecule has 3 nitrogen and oxygen atoms in total. The Morgan fingerprint density at radius 2 is 1.59 bits per heavy atom. The van der Waals surface area contributed by atoms with Gasteiger partial charge in [-0.15, -0.1) is 0 Å². The first-order chi connectivity index (χ1) is 16.0. The van der Waals surface area contributed by atoms with Crippen molar-refractivity contribution in [2.24, 2.45) is 52.3 Å². The summed E-state index contributed by atoms with van der Waals surface area (Å²) in [4.78, 5) is 23.4. The first-order valence-electron chi connectivity index (χ1n) is 14.7. The molecule has 0 bridgehead atoms. The third-order valence-corrected chi connectivity index (χ3v) is 11.5. The van der Waals surface area contributed by atoms with Crippen LogP contribution < -0.4 is 0 Å². The van der Waals surface area contributed by atoms with E-state index in [0.29, 0.717) is 16.7 Å². The second-order valence-electron chi connectivity index (χ2n) is 14.0. The molecule has 194 valence electrons. The molecule has 0 aromatic carbocycles. The number of Topliss-reactive ketones (excluding diaryl/α,β-unsaturated/α-hetero) is 1. The summed E-state index contributed by atoms with van der Waals surface area (Å²) in [6, 6.07) is 0. The number of rotatable bonds is 8. The van der Waals surface area contributed by atoms with Crippen LogP contribution in [0, 0.1) is 52.3 Å². The number of fused-ring (bicyclic) bond motifs is 5. The number of ketones is 1. The average molecular weight is 473 g/mol. The highest BCUT2D eigenvalue weighted by atomic mass is 16.5. The lowest BCUT2D eigenvalue weighted by Gasteiger charge is -2.61. The zero-order valence-corrected chi connectivity index (χ0v) is 23.0. The third kappa shape index (κ3) is 5.01. The van der Waals surface area contributed by atoms with Crippen LogP contribution >= 0.6 is 0 Å². The van der Waals surface area contributed by atoms with Gasteiger partial charge in [-0.25, -0.2) is 0 Å². The fourth-order valence-electron chi connectivity index (χ4n) is 9.78. The minimum Gasteiger partial charge on any atom is -0.462 e. The molecule has 4 aliphatic carbocycles. The van der Waals surface area contributed by atoms with E-state index in [4.69, 9.17) is 4.74 Å². The second kappa shape index (κ2) is 10.3. The van der Waals surface area contributed by atoms with Gasteiger partial charge in [0.15, 0.2) is 0 Å². The molecule has 4 rings (SSSR count). The van der Waals surface area contributed by atoms with E-state index in [0.717, 1.165) is 48.3 Å². The van der Waals surface area contributed by atoms with Crippen molar-refractivity contribution in [3.8, 4) is 0 Å². The minimum absolute atomic E-state index is 0.0258. The van der Waals surface area contributed by atoms with E-state index < -0.39 is 0 Å². The summed E-state index contributed by atoms with van der Waals surface area (Å²) >= 11 is 0. The third-order valence-electron chi connectivity index (χ3n) is 11.5. The summed E-state index contributed by atoms with van der Waals surface area (Å²) in [7, 11) is 0. The molecule has 4 saturated carbocycles. The number of carbonyl (C=O) groups excluding carboxylic acids is 2. The summed E-state index contributed by atoms with van der Waals surface area (Å²) in [5.41, 5.74) is 0.968. The molecule has 34 heavy (non-hydrogen) atoms. The average Bonchev–Trinajstić information content (AvgIpc) is 3.10. The second-order valence-corrected chi connectivity index (χ2v) is 14.0. The van der Waals surface area contributed by atoms with Gasteiger partial charge in [0, 0.05) is 0 Å². The minimum atomic E-state index is -0.317. The maximum Gasteiger partial charge on any atom is 0.313 e. The first kappa shape index (κ1) is 26.2. The van der Waals surface area contributed by atoms with Crippen molar-refractivity contribution in [2.75, 3.05) is 0 Å². The van der Waals surface area contributed by atoms with Gasteiger partial charge in [-0.2, -0.15) is 0 Å². The van der Waals surface area contributed by atoms with Gasteiger partial charge in [-0.05, 0) is 117 Å². The van der Waals surface area contributed by atoms with Crippen molar-refractivity contribution in [3.05, 3.63) is 0 Å². The molecule has 0 amide bonds. The quantitative estimate of drug-likeness (QED) is 0.265. The SMILES string of the molecule is CC(=O)CC(=O)O[C@@H]1CC[C@@]2(C)[C@H](CC[C@H]3[C@@H]4CC[C@@H]([C@@H](C)CCCC(C)C)[C@@]4(C)CC[C@@H]32)C1. The summed E-state index contributed by atoms with van der Waals surface area (Å²) in [5.74, 6) is 5.58. The predicted octanol–water partition coefficient (Wildman–Crippen LogP) is 8.00. The lowest BCUT2D eigenvalue weighted by molar-refractivity contribution is -0.163. The fraction of sp³-hybridized carbons (Fsp3) is 0.935. The van der Waals surface area contributed by atoms with E-state index in [-0.39, 0.29) is 24.3 Å². The molecule has 0 aromatic heterocycles. The van der Waals surface area contributed by atoms with Crippen LogP contribution in [0.3, 0.4) is 0 Å². The molecule has 0 N–H and O–H groups in total. The number of hydrogen-bond acceptors (Lipinski definition) is 3. The normalized spacial score (nSPS) is 42.4. The zero-order valence-electron chi connectivity index (χ0n) is 23.0. The van der Waals surface area contributed by atoms with Gasteiger partial charge in [-0.1, -0.05) is 53.9 Å². The Balaban J connectivity index is 1.39. The van der Waals surface area contributed by atoms with Crippen LogP contribution in [-0.2, 0) is 14.3 Å². The Labute approximate surface area is 209 Å². The molecule has 0 unspecified atom stereocenters. The monoisotopic (exact) mass is 472 g/mol. The molecule has 0 radical (unpaired) electrons. The topological polar surface area (TPSA) is 43.4 Å². The molecular formula is C31H52O3. The zero-order chi connectivity index (χ0) is 24.7.